The molecule has 4 heteroatoms. The molecule has 1 aromatic heterocycles. The number of hydrogen-bond acceptors (Lipinski definition) is 3. The number of anilines is 3. The van der Waals surface area contributed by atoms with Crippen LogP contribution in [0.3, 0.4) is 0 Å². The summed E-state index contributed by atoms with van der Waals surface area (Å²) in [7, 11) is 0. The van der Waals surface area contributed by atoms with Gasteiger partial charge in [-0.25, -0.2) is 0 Å². The van der Waals surface area contributed by atoms with Crippen molar-refractivity contribution in [2.75, 3.05) is 16.8 Å². The van der Waals surface area contributed by atoms with Crippen molar-refractivity contribution in [1.82, 2.24) is 4.98 Å². The molecule has 0 aliphatic carbocycles. The molecule has 0 saturated carbocycles. The molecule has 3 rings (SSSR count). The van der Waals surface area contributed by atoms with Gasteiger partial charge < -0.3 is 10.2 Å². The zero-order valence-electron chi connectivity index (χ0n) is 9.84. The van der Waals surface area contributed by atoms with Gasteiger partial charge in [0, 0.05) is 24.8 Å². The van der Waals surface area contributed by atoms with E-state index in [0.717, 1.165) is 17.1 Å². The largest absolute Gasteiger partial charge is 0.339 e. The van der Waals surface area contributed by atoms with Crippen molar-refractivity contribution in [2.24, 2.45) is 0 Å². The molecule has 0 radical (unpaired) electrons. The molecule has 0 bridgehead atoms. The van der Waals surface area contributed by atoms with Crippen LogP contribution in [-0.2, 0) is 4.79 Å². The lowest BCUT2D eigenvalue weighted by Gasteiger charge is -2.23. The molecule has 0 unspecified atom stereocenters. The predicted octanol–water partition coefficient (Wildman–Crippen LogP) is 2.56. The number of nitrogens with one attached hydrogen (secondary N) is 1. The minimum absolute atomic E-state index is 0.0303. The van der Waals surface area contributed by atoms with Crippen LogP contribution in [0.4, 0.5) is 17.1 Å². The van der Waals surface area contributed by atoms with Crippen molar-refractivity contribution >= 4 is 23.0 Å². The van der Waals surface area contributed by atoms with Gasteiger partial charge in [0.25, 0.3) is 0 Å². The maximum atomic E-state index is 11.7. The lowest BCUT2D eigenvalue weighted by atomic mass is 10.2. The number of para-hydroxylation sites is 1. The lowest BCUT2D eigenvalue weighted by molar-refractivity contribution is -0.115. The standard InChI is InChI=1S/C14H13N3O/c18-14-7-9-17(11-4-2-1-3-5-11)13-6-8-15-10-12(13)16-14/h1-6,8,10H,7,9H2,(H,16,18). The molecule has 1 amide bonds. The Bertz CT molecular complexity index is 568. The number of carbonyl (C=O) groups excluding carboxylic acids is 1. The molecule has 18 heavy (non-hydrogen) atoms. The fourth-order valence-corrected chi connectivity index (χ4v) is 2.14. The second-order valence-corrected chi connectivity index (χ2v) is 4.18. The van der Waals surface area contributed by atoms with Crippen molar-refractivity contribution in [2.45, 2.75) is 6.42 Å². The average molecular weight is 239 g/mol. The lowest BCUT2D eigenvalue weighted by Crippen LogP contribution is -2.18. The normalized spacial score (nSPS) is 14.7. The minimum atomic E-state index is 0.0303. The molecule has 2 aromatic rings. The molecule has 1 aliphatic rings. The molecule has 90 valence electrons. The van der Waals surface area contributed by atoms with Crippen molar-refractivity contribution in [3.05, 3.63) is 48.8 Å². The number of nitrogens with zero attached hydrogens (tertiary/aromatic N) is 2. The molecule has 0 atom stereocenters. The first kappa shape index (κ1) is 10.8. The van der Waals surface area contributed by atoms with E-state index in [1.807, 2.05) is 36.4 Å². The van der Waals surface area contributed by atoms with Crippen LogP contribution in [0, 0.1) is 0 Å². The number of aromatic nitrogens is 1. The summed E-state index contributed by atoms with van der Waals surface area (Å²) < 4.78 is 0. The average Bonchev–Trinajstić information content (AvgIpc) is 2.58. The Balaban J connectivity index is 2.08. The van der Waals surface area contributed by atoms with E-state index in [9.17, 15) is 4.79 Å². The number of hydrogen-bond donors (Lipinski definition) is 1. The summed E-state index contributed by atoms with van der Waals surface area (Å²) in [6, 6.07) is 12.0. The van der Waals surface area contributed by atoms with Crippen LogP contribution in [0.2, 0.25) is 0 Å². The zero-order valence-corrected chi connectivity index (χ0v) is 9.84. The molecule has 4 nitrogen and oxygen atoms in total. The van der Waals surface area contributed by atoms with Crippen LogP contribution in [-0.4, -0.2) is 17.4 Å². The fourth-order valence-electron chi connectivity index (χ4n) is 2.14. The maximum absolute atomic E-state index is 11.7. The Morgan fingerprint density at radius 2 is 2.00 bits per heavy atom. The summed E-state index contributed by atoms with van der Waals surface area (Å²) in [5, 5.41) is 2.88. The zero-order chi connectivity index (χ0) is 12.4. The second kappa shape index (κ2) is 4.49. The fraction of sp³-hybridized carbons (Fsp3) is 0.143. The molecule has 1 N–H and O–H groups in total. The molecule has 0 saturated heterocycles. The highest BCUT2D eigenvalue weighted by Gasteiger charge is 2.19. The summed E-state index contributed by atoms with van der Waals surface area (Å²) in [5.41, 5.74) is 2.84. The van der Waals surface area contributed by atoms with Crippen LogP contribution in [0.5, 0.6) is 0 Å². The molecule has 0 fully saturated rings. The SMILES string of the molecule is O=C1CCN(c2ccccc2)c2ccncc2N1. The van der Waals surface area contributed by atoms with E-state index in [1.54, 1.807) is 12.4 Å². The smallest absolute Gasteiger partial charge is 0.226 e. The number of pyridine rings is 1. The van der Waals surface area contributed by atoms with Crippen molar-refractivity contribution < 1.29 is 4.79 Å². The van der Waals surface area contributed by atoms with Crippen molar-refractivity contribution in [1.29, 1.82) is 0 Å². The Kier molecular flexibility index (Phi) is 2.68. The summed E-state index contributed by atoms with van der Waals surface area (Å²) in [5.74, 6) is 0.0303. The van der Waals surface area contributed by atoms with E-state index < -0.39 is 0 Å². The summed E-state index contributed by atoms with van der Waals surface area (Å²) in [6.07, 6.45) is 3.91. The van der Waals surface area contributed by atoms with Crippen LogP contribution in [0.15, 0.2) is 48.8 Å². The van der Waals surface area contributed by atoms with Gasteiger partial charge in [-0.15, -0.1) is 0 Å². The molecule has 0 spiro atoms. The third kappa shape index (κ3) is 1.93. The van der Waals surface area contributed by atoms with Gasteiger partial charge in [0.1, 0.15) is 0 Å². The number of carbonyl (C=O) groups is 1. The third-order valence-electron chi connectivity index (χ3n) is 2.99. The number of rotatable bonds is 1. The van der Waals surface area contributed by atoms with E-state index in [0.29, 0.717) is 13.0 Å². The van der Waals surface area contributed by atoms with Crippen molar-refractivity contribution in [3.8, 4) is 0 Å². The van der Waals surface area contributed by atoms with E-state index >= 15 is 0 Å². The van der Waals surface area contributed by atoms with Crippen molar-refractivity contribution in [3.63, 3.8) is 0 Å². The van der Waals surface area contributed by atoms with Crippen LogP contribution < -0.4 is 10.2 Å². The minimum Gasteiger partial charge on any atom is -0.339 e. The molecule has 1 aromatic carbocycles. The van der Waals surface area contributed by atoms with Gasteiger partial charge in [0.15, 0.2) is 0 Å². The molecule has 2 heterocycles. The van der Waals surface area contributed by atoms with Gasteiger partial charge >= 0.3 is 0 Å². The Labute approximate surface area is 105 Å². The van der Waals surface area contributed by atoms with Gasteiger partial charge in [-0.2, -0.15) is 0 Å². The Hall–Kier alpha value is -2.36. The summed E-state index contributed by atoms with van der Waals surface area (Å²) >= 11 is 0. The Morgan fingerprint density at radius 3 is 2.83 bits per heavy atom. The maximum Gasteiger partial charge on any atom is 0.226 e. The number of benzene rings is 1. The monoisotopic (exact) mass is 239 g/mol. The van der Waals surface area contributed by atoms with Gasteiger partial charge in [0.05, 0.1) is 17.6 Å². The Morgan fingerprint density at radius 1 is 1.17 bits per heavy atom. The number of fused-ring (bicyclic) bond motifs is 1. The van der Waals surface area contributed by atoms with Gasteiger partial charge in [-0.05, 0) is 18.2 Å². The van der Waals surface area contributed by atoms with Crippen LogP contribution >= 0.6 is 0 Å². The van der Waals surface area contributed by atoms with E-state index in [4.69, 9.17) is 0 Å². The molecule has 1 aliphatic heterocycles. The highest BCUT2D eigenvalue weighted by atomic mass is 16.1. The van der Waals surface area contributed by atoms with E-state index in [-0.39, 0.29) is 5.91 Å². The first-order valence-corrected chi connectivity index (χ1v) is 5.91. The predicted molar refractivity (Wildman–Crippen MR) is 70.9 cm³/mol. The first-order chi connectivity index (χ1) is 8.84. The third-order valence-corrected chi connectivity index (χ3v) is 2.99. The molecular formula is C14H13N3O. The molecular weight excluding hydrogens is 226 g/mol. The first-order valence-electron chi connectivity index (χ1n) is 5.91. The topological polar surface area (TPSA) is 45.2 Å². The summed E-state index contributed by atoms with van der Waals surface area (Å²) in [6.45, 7) is 0.673. The van der Waals surface area contributed by atoms with E-state index in [2.05, 4.69) is 15.2 Å². The van der Waals surface area contributed by atoms with Crippen LogP contribution in [0.1, 0.15) is 6.42 Å². The van der Waals surface area contributed by atoms with Gasteiger partial charge in [-0.1, -0.05) is 18.2 Å². The second-order valence-electron chi connectivity index (χ2n) is 4.18. The highest BCUT2D eigenvalue weighted by Crippen LogP contribution is 2.33. The number of amides is 1. The summed E-state index contributed by atoms with van der Waals surface area (Å²) in [4.78, 5) is 17.9. The van der Waals surface area contributed by atoms with E-state index in [1.165, 1.54) is 0 Å². The highest BCUT2D eigenvalue weighted by molar-refractivity contribution is 5.97. The van der Waals surface area contributed by atoms with Crippen LogP contribution in [0.25, 0.3) is 0 Å². The van der Waals surface area contributed by atoms with Gasteiger partial charge in [0.2, 0.25) is 5.91 Å². The quantitative estimate of drug-likeness (QED) is 0.831. The van der Waals surface area contributed by atoms with Gasteiger partial charge in [-0.3, -0.25) is 9.78 Å².